The van der Waals surface area contributed by atoms with Gasteiger partial charge in [-0.15, -0.1) is 10.2 Å². The molecule has 0 bridgehead atoms. The maximum absolute atomic E-state index is 12.3. The lowest BCUT2D eigenvalue weighted by Gasteiger charge is -2.10. The Morgan fingerprint density at radius 3 is 2.45 bits per heavy atom. The number of nitrogens with zero attached hydrogens (tertiary/aromatic N) is 2. The van der Waals surface area contributed by atoms with Gasteiger partial charge in [0.1, 0.15) is 5.03 Å². The molecule has 0 saturated heterocycles. The summed E-state index contributed by atoms with van der Waals surface area (Å²) >= 11 is 1.35. The van der Waals surface area contributed by atoms with Gasteiger partial charge in [-0.05, 0) is 61.4 Å². The van der Waals surface area contributed by atoms with Crippen LogP contribution in [0, 0.1) is 13.8 Å². The molecular formula is C22H23N3O3S. The van der Waals surface area contributed by atoms with Crippen molar-refractivity contribution in [3.05, 3.63) is 59.7 Å². The minimum atomic E-state index is -0.0746. The lowest BCUT2D eigenvalue weighted by molar-refractivity contribution is -0.113. The molecule has 3 aromatic rings. The van der Waals surface area contributed by atoms with Crippen molar-refractivity contribution in [2.24, 2.45) is 0 Å². The minimum Gasteiger partial charge on any atom is -0.493 e. The van der Waals surface area contributed by atoms with Gasteiger partial charge in [0.05, 0.1) is 25.7 Å². The third kappa shape index (κ3) is 5.26. The van der Waals surface area contributed by atoms with Gasteiger partial charge in [-0.3, -0.25) is 4.79 Å². The molecule has 2 aromatic carbocycles. The van der Waals surface area contributed by atoms with E-state index in [1.54, 1.807) is 14.2 Å². The van der Waals surface area contributed by atoms with Gasteiger partial charge in [-0.2, -0.15) is 0 Å². The van der Waals surface area contributed by atoms with Gasteiger partial charge >= 0.3 is 0 Å². The number of carbonyl (C=O) groups excluding carboxylic acids is 1. The fraction of sp³-hybridized carbons (Fsp3) is 0.227. The Balaban J connectivity index is 1.62. The van der Waals surface area contributed by atoms with E-state index in [-0.39, 0.29) is 11.7 Å². The van der Waals surface area contributed by atoms with Crippen LogP contribution >= 0.6 is 11.8 Å². The summed E-state index contributed by atoms with van der Waals surface area (Å²) in [7, 11) is 3.19. The molecule has 0 radical (unpaired) electrons. The van der Waals surface area contributed by atoms with Crippen LogP contribution in [0.5, 0.6) is 11.5 Å². The molecule has 150 valence electrons. The number of ether oxygens (including phenoxy) is 2. The number of carbonyl (C=O) groups is 1. The first-order chi connectivity index (χ1) is 14.0. The Morgan fingerprint density at radius 1 is 0.966 bits per heavy atom. The summed E-state index contributed by atoms with van der Waals surface area (Å²) < 4.78 is 10.6. The van der Waals surface area contributed by atoms with Crippen molar-refractivity contribution in [2.75, 3.05) is 25.3 Å². The number of rotatable bonds is 7. The van der Waals surface area contributed by atoms with Crippen LogP contribution in [0.15, 0.2) is 53.6 Å². The molecule has 0 unspecified atom stereocenters. The Hall–Kier alpha value is -3.06. The second kappa shape index (κ2) is 9.43. The molecule has 0 aliphatic carbocycles. The van der Waals surface area contributed by atoms with Crippen LogP contribution in [0.4, 0.5) is 5.69 Å². The Kier molecular flexibility index (Phi) is 6.72. The smallest absolute Gasteiger partial charge is 0.234 e. The van der Waals surface area contributed by atoms with Crippen LogP contribution in [0.1, 0.15) is 11.1 Å². The number of methoxy groups -OCH3 is 2. The molecule has 0 aliphatic heterocycles. The van der Waals surface area contributed by atoms with E-state index in [1.807, 2.05) is 62.4 Å². The Labute approximate surface area is 174 Å². The van der Waals surface area contributed by atoms with E-state index in [0.717, 1.165) is 28.1 Å². The lowest BCUT2D eigenvalue weighted by Crippen LogP contribution is -2.15. The minimum absolute atomic E-state index is 0.0746. The number of aryl methyl sites for hydroxylation is 2. The van der Waals surface area contributed by atoms with E-state index in [4.69, 9.17) is 9.47 Å². The molecule has 0 aliphatic rings. The number of nitrogens with one attached hydrogen (secondary N) is 1. The summed E-state index contributed by atoms with van der Waals surface area (Å²) in [5, 5.41) is 12.1. The van der Waals surface area contributed by atoms with Crippen LogP contribution in [0.25, 0.3) is 11.3 Å². The van der Waals surface area contributed by atoms with Crippen LogP contribution in [-0.4, -0.2) is 36.1 Å². The molecular weight excluding hydrogens is 386 g/mol. The highest BCUT2D eigenvalue weighted by atomic mass is 32.2. The summed E-state index contributed by atoms with van der Waals surface area (Å²) in [6, 6.07) is 15.3. The van der Waals surface area contributed by atoms with Crippen LogP contribution in [0.3, 0.4) is 0 Å². The van der Waals surface area contributed by atoms with Crippen LogP contribution in [0.2, 0.25) is 0 Å². The maximum atomic E-state index is 12.3. The van der Waals surface area contributed by atoms with Crippen molar-refractivity contribution in [3.63, 3.8) is 0 Å². The number of hydrogen-bond donors (Lipinski definition) is 1. The van der Waals surface area contributed by atoms with Crippen molar-refractivity contribution in [1.82, 2.24) is 10.2 Å². The van der Waals surface area contributed by atoms with E-state index in [1.165, 1.54) is 11.8 Å². The van der Waals surface area contributed by atoms with E-state index >= 15 is 0 Å². The van der Waals surface area contributed by atoms with E-state index in [9.17, 15) is 4.79 Å². The van der Waals surface area contributed by atoms with Crippen molar-refractivity contribution in [2.45, 2.75) is 18.9 Å². The molecule has 1 amide bonds. The molecule has 1 heterocycles. The molecule has 6 nitrogen and oxygen atoms in total. The quantitative estimate of drug-likeness (QED) is 0.579. The molecule has 1 N–H and O–H groups in total. The van der Waals surface area contributed by atoms with Crippen LogP contribution in [-0.2, 0) is 4.79 Å². The van der Waals surface area contributed by atoms with E-state index in [0.29, 0.717) is 16.5 Å². The van der Waals surface area contributed by atoms with E-state index in [2.05, 4.69) is 15.5 Å². The average Bonchev–Trinajstić information content (AvgIpc) is 2.74. The number of anilines is 1. The summed E-state index contributed by atoms with van der Waals surface area (Å²) in [5.74, 6) is 1.48. The highest BCUT2D eigenvalue weighted by molar-refractivity contribution is 7.99. The predicted octanol–water partition coefficient (Wildman–Crippen LogP) is 4.51. The molecule has 0 atom stereocenters. The third-order valence-corrected chi connectivity index (χ3v) is 5.26. The van der Waals surface area contributed by atoms with Crippen molar-refractivity contribution in [3.8, 4) is 22.8 Å². The van der Waals surface area contributed by atoms with Gasteiger partial charge in [-0.25, -0.2) is 0 Å². The lowest BCUT2D eigenvalue weighted by atomic mass is 10.1. The van der Waals surface area contributed by atoms with E-state index < -0.39 is 0 Å². The normalized spacial score (nSPS) is 10.5. The number of amides is 1. The second-order valence-corrected chi connectivity index (χ2v) is 7.48. The molecule has 7 heteroatoms. The molecule has 0 fully saturated rings. The number of thioether (sulfide) groups is 1. The van der Waals surface area contributed by atoms with Gasteiger partial charge in [0.2, 0.25) is 5.91 Å². The zero-order valence-electron chi connectivity index (χ0n) is 16.9. The number of benzene rings is 2. The van der Waals surface area contributed by atoms with Crippen molar-refractivity contribution < 1.29 is 14.3 Å². The first-order valence-electron chi connectivity index (χ1n) is 9.06. The van der Waals surface area contributed by atoms with Gasteiger partial charge in [-0.1, -0.05) is 23.9 Å². The van der Waals surface area contributed by atoms with Gasteiger partial charge in [0, 0.05) is 11.3 Å². The monoisotopic (exact) mass is 409 g/mol. The topological polar surface area (TPSA) is 73.3 Å². The summed E-state index contributed by atoms with van der Waals surface area (Å²) in [4.78, 5) is 12.3. The SMILES string of the molecule is COc1ccc(-c2ccc(SCC(=O)Nc3cc(C)ccc3C)nn2)cc1OC. The second-order valence-electron chi connectivity index (χ2n) is 6.48. The Bertz CT molecular complexity index is 1010. The summed E-state index contributed by atoms with van der Waals surface area (Å²) in [5.41, 5.74) is 4.57. The van der Waals surface area contributed by atoms with Crippen molar-refractivity contribution >= 4 is 23.4 Å². The molecule has 3 rings (SSSR count). The molecule has 0 spiro atoms. The molecule has 0 saturated carbocycles. The number of aromatic nitrogens is 2. The largest absolute Gasteiger partial charge is 0.493 e. The molecule has 29 heavy (non-hydrogen) atoms. The number of hydrogen-bond acceptors (Lipinski definition) is 6. The van der Waals surface area contributed by atoms with Crippen molar-refractivity contribution in [1.29, 1.82) is 0 Å². The zero-order valence-corrected chi connectivity index (χ0v) is 17.7. The summed E-state index contributed by atoms with van der Waals surface area (Å²) in [6.45, 7) is 3.97. The zero-order chi connectivity index (χ0) is 20.8. The highest BCUT2D eigenvalue weighted by Gasteiger charge is 2.10. The maximum Gasteiger partial charge on any atom is 0.234 e. The van der Waals surface area contributed by atoms with Gasteiger partial charge in [0.15, 0.2) is 11.5 Å². The van der Waals surface area contributed by atoms with Crippen LogP contribution < -0.4 is 14.8 Å². The Morgan fingerprint density at radius 2 is 1.76 bits per heavy atom. The first kappa shape index (κ1) is 20.7. The first-order valence-corrected chi connectivity index (χ1v) is 10.0. The van der Waals surface area contributed by atoms with Gasteiger partial charge in [0.25, 0.3) is 0 Å². The fourth-order valence-electron chi connectivity index (χ4n) is 2.74. The molecule has 1 aromatic heterocycles. The predicted molar refractivity (Wildman–Crippen MR) is 116 cm³/mol. The fourth-order valence-corrected chi connectivity index (χ4v) is 3.36. The summed E-state index contributed by atoms with van der Waals surface area (Å²) in [6.07, 6.45) is 0. The van der Waals surface area contributed by atoms with Gasteiger partial charge < -0.3 is 14.8 Å². The highest BCUT2D eigenvalue weighted by Crippen LogP contribution is 2.31. The average molecular weight is 410 g/mol. The standard InChI is InChI=1S/C22H23N3O3S/c1-14-5-6-15(2)18(11-14)23-21(26)13-29-22-10-8-17(24-25-22)16-7-9-19(27-3)20(12-16)28-4/h5-12H,13H2,1-4H3,(H,23,26). The third-order valence-electron chi connectivity index (χ3n) is 4.34.